The van der Waals surface area contributed by atoms with Crippen molar-refractivity contribution in [2.75, 3.05) is 29.5 Å². The van der Waals surface area contributed by atoms with Gasteiger partial charge in [-0.05, 0) is 12.1 Å². The van der Waals surface area contributed by atoms with E-state index in [1.165, 1.54) is 23.9 Å². The van der Waals surface area contributed by atoms with E-state index in [1.807, 2.05) is 17.8 Å². The summed E-state index contributed by atoms with van der Waals surface area (Å²) in [5.74, 6) is 4.23. The molecule has 0 amide bonds. The smallest absolute Gasteiger partial charge is 0.237 e. The molecule has 0 aliphatic carbocycles. The van der Waals surface area contributed by atoms with Gasteiger partial charge in [-0.3, -0.25) is 0 Å². The van der Waals surface area contributed by atoms with E-state index in [2.05, 4.69) is 25.0 Å². The third-order valence-corrected chi connectivity index (χ3v) is 5.71. The number of hydrogen-bond acceptors (Lipinski definition) is 8. The van der Waals surface area contributed by atoms with Crippen molar-refractivity contribution in [3.63, 3.8) is 0 Å². The van der Waals surface area contributed by atoms with Crippen LogP contribution in [-0.4, -0.2) is 44.7 Å². The van der Waals surface area contributed by atoms with Gasteiger partial charge >= 0.3 is 0 Å². The van der Waals surface area contributed by atoms with Crippen LogP contribution in [0.5, 0.6) is 0 Å². The third kappa shape index (κ3) is 4.16. The number of nitrogens with zero attached hydrogens (tertiary/aromatic N) is 5. The fraction of sp³-hybridized carbons (Fsp3) is 0.294. The standard InChI is InChI=1S/C17H16FN5OS2/c18-13-3-1-2-12(8-13)17-21-15(24-22-17)10-26-16-9-14(19-11-20-16)23-4-6-25-7-5-23/h1-3,8-9,11H,4-7,10H2. The zero-order chi connectivity index (χ0) is 17.8. The average molecular weight is 389 g/mol. The Labute approximate surface area is 158 Å². The van der Waals surface area contributed by atoms with Crippen molar-refractivity contribution >= 4 is 29.3 Å². The van der Waals surface area contributed by atoms with E-state index in [1.54, 1.807) is 18.5 Å². The molecule has 9 heteroatoms. The minimum atomic E-state index is -0.326. The van der Waals surface area contributed by atoms with Gasteiger partial charge in [0.1, 0.15) is 23.0 Å². The number of aromatic nitrogens is 4. The molecule has 1 fully saturated rings. The first-order chi connectivity index (χ1) is 12.8. The molecule has 134 valence electrons. The van der Waals surface area contributed by atoms with Crippen LogP contribution in [0.25, 0.3) is 11.4 Å². The van der Waals surface area contributed by atoms with E-state index in [9.17, 15) is 4.39 Å². The van der Waals surface area contributed by atoms with E-state index in [0.29, 0.717) is 23.0 Å². The summed E-state index contributed by atoms with van der Waals surface area (Å²) in [6.45, 7) is 2.01. The molecule has 0 radical (unpaired) electrons. The van der Waals surface area contributed by atoms with E-state index < -0.39 is 0 Å². The van der Waals surface area contributed by atoms with Crippen LogP contribution < -0.4 is 4.90 Å². The van der Waals surface area contributed by atoms with Crippen LogP contribution in [-0.2, 0) is 5.75 Å². The van der Waals surface area contributed by atoms with Gasteiger partial charge in [-0.1, -0.05) is 29.1 Å². The molecule has 26 heavy (non-hydrogen) atoms. The fourth-order valence-corrected chi connectivity index (χ4v) is 4.17. The molecular weight excluding hydrogens is 373 g/mol. The molecular formula is C17H16FN5OS2. The van der Waals surface area contributed by atoms with Gasteiger partial charge < -0.3 is 9.42 Å². The highest BCUT2D eigenvalue weighted by atomic mass is 32.2. The summed E-state index contributed by atoms with van der Waals surface area (Å²) in [6.07, 6.45) is 1.59. The zero-order valence-electron chi connectivity index (χ0n) is 13.8. The molecule has 1 aliphatic heterocycles. The number of halogens is 1. The summed E-state index contributed by atoms with van der Waals surface area (Å²) in [5, 5.41) is 4.78. The Kier molecular flexibility index (Phi) is 5.35. The van der Waals surface area contributed by atoms with Crippen LogP contribution in [0.1, 0.15) is 5.89 Å². The van der Waals surface area contributed by atoms with Crippen LogP contribution in [0.4, 0.5) is 10.2 Å². The van der Waals surface area contributed by atoms with Crippen LogP contribution in [0, 0.1) is 5.82 Å². The lowest BCUT2D eigenvalue weighted by Crippen LogP contribution is -2.33. The number of benzene rings is 1. The second-order valence-electron chi connectivity index (χ2n) is 5.62. The van der Waals surface area contributed by atoms with Gasteiger partial charge in [0.15, 0.2) is 0 Å². The maximum Gasteiger partial charge on any atom is 0.237 e. The predicted octanol–water partition coefficient (Wildman–Crippen LogP) is 3.51. The Bertz CT molecular complexity index is 885. The van der Waals surface area contributed by atoms with Gasteiger partial charge in [0.25, 0.3) is 0 Å². The van der Waals surface area contributed by atoms with Gasteiger partial charge in [0.2, 0.25) is 11.7 Å². The fourth-order valence-electron chi connectivity index (χ4n) is 2.57. The van der Waals surface area contributed by atoms with Gasteiger partial charge in [-0.25, -0.2) is 14.4 Å². The molecule has 0 saturated carbocycles. The van der Waals surface area contributed by atoms with Crippen molar-refractivity contribution < 1.29 is 8.91 Å². The molecule has 1 aromatic carbocycles. The monoisotopic (exact) mass is 389 g/mol. The maximum absolute atomic E-state index is 13.3. The second kappa shape index (κ2) is 8.05. The van der Waals surface area contributed by atoms with Crippen molar-refractivity contribution in [1.29, 1.82) is 0 Å². The summed E-state index contributed by atoms with van der Waals surface area (Å²) in [5.41, 5.74) is 0.595. The van der Waals surface area contributed by atoms with Gasteiger partial charge in [0, 0.05) is 36.2 Å². The molecule has 2 aromatic heterocycles. The highest BCUT2D eigenvalue weighted by molar-refractivity contribution is 7.99. The molecule has 0 unspecified atom stereocenters. The second-order valence-corrected chi connectivity index (χ2v) is 7.84. The van der Waals surface area contributed by atoms with Crippen LogP contribution in [0.3, 0.4) is 0 Å². The first kappa shape index (κ1) is 17.3. The van der Waals surface area contributed by atoms with Crippen molar-refractivity contribution in [3.05, 3.63) is 48.4 Å². The molecule has 6 nitrogen and oxygen atoms in total. The minimum absolute atomic E-state index is 0.326. The van der Waals surface area contributed by atoms with Crippen molar-refractivity contribution in [2.24, 2.45) is 0 Å². The van der Waals surface area contributed by atoms with Crippen LogP contribution >= 0.6 is 23.5 Å². The van der Waals surface area contributed by atoms with Crippen molar-refractivity contribution in [1.82, 2.24) is 20.1 Å². The molecule has 0 atom stereocenters. The molecule has 3 aromatic rings. The lowest BCUT2D eigenvalue weighted by Gasteiger charge is -2.27. The number of hydrogen-bond donors (Lipinski definition) is 0. The van der Waals surface area contributed by atoms with Crippen LogP contribution in [0.15, 0.2) is 46.2 Å². The largest absolute Gasteiger partial charge is 0.355 e. The maximum atomic E-state index is 13.3. The Hall–Kier alpha value is -2.13. The Morgan fingerprint density at radius 2 is 2.08 bits per heavy atom. The molecule has 0 spiro atoms. The topological polar surface area (TPSA) is 67.9 Å². The molecule has 4 rings (SSSR count). The molecule has 3 heterocycles. The van der Waals surface area contributed by atoms with Crippen molar-refractivity contribution in [2.45, 2.75) is 10.8 Å². The van der Waals surface area contributed by atoms with Gasteiger partial charge in [-0.2, -0.15) is 16.7 Å². The highest BCUT2D eigenvalue weighted by Crippen LogP contribution is 2.25. The Balaban J connectivity index is 1.41. The first-order valence-electron chi connectivity index (χ1n) is 8.14. The first-order valence-corrected chi connectivity index (χ1v) is 10.3. The normalized spacial score (nSPS) is 14.6. The van der Waals surface area contributed by atoms with Gasteiger partial charge in [0.05, 0.1) is 5.75 Å². The summed E-state index contributed by atoms with van der Waals surface area (Å²) in [6, 6.07) is 8.13. The lowest BCUT2D eigenvalue weighted by molar-refractivity contribution is 0.391. The summed E-state index contributed by atoms with van der Waals surface area (Å²) >= 11 is 3.48. The zero-order valence-corrected chi connectivity index (χ0v) is 15.5. The van der Waals surface area contributed by atoms with E-state index in [-0.39, 0.29) is 5.82 Å². The molecule has 1 aliphatic rings. The molecule has 0 bridgehead atoms. The SMILES string of the molecule is Fc1cccc(-c2noc(CSc3cc(N4CCSCC4)ncn3)n2)c1. The van der Waals surface area contributed by atoms with E-state index >= 15 is 0 Å². The number of anilines is 1. The van der Waals surface area contributed by atoms with Crippen molar-refractivity contribution in [3.8, 4) is 11.4 Å². The molecule has 0 N–H and O–H groups in total. The summed E-state index contributed by atoms with van der Waals surface area (Å²) in [4.78, 5) is 15.3. The summed E-state index contributed by atoms with van der Waals surface area (Å²) in [7, 11) is 0. The number of rotatable bonds is 5. The van der Waals surface area contributed by atoms with E-state index in [4.69, 9.17) is 4.52 Å². The Morgan fingerprint density at radius 1 is 1.19 bits per heavy atom. The molecule has 1 saturated heterocycles. The van der Waals surface area contributed by atoms with Crippen LogP contribution in [0.2, 0.25) is 0 Å². The van der Waals surface area contributed by atoms with Gasteiger partial charge in [-0.15, -0.1) is 0 Å². The average Bonchev–Trinajstić information content (AvgIpc) is 3.16. The lowest BCUT2D eigenvalue weighted by atomic mass is 10.2. The summed E-state index contributed by atoms with van der Waals surface area (Å²) < 4.78 is 18.6. The number of thioether (sulfide) groups is 2. The Morgan fingerprint density at radius 3 is 2.92 bits per heavy atom. The quantitative estimate of drug-likeness (QED) is 0.485. The minimum Gasteiger partial charge on any atom is -0.355 e. The predicted molar refractivity (Wildman–Crippen MR) is 101 cm³/mol. The highest BCUT2D eigenvalue weighted by Gasteiger charge is 2.14. The van der Waals surface area contributed by atoms with E-state index in [0.717, 1.165) is 35.4 Å². The third-order valence-electron chi connectivity index (χ3n) is 3.86.